The number of rotatable bonds is 4. The average molecular weight is 312 g/mol. The van der Waals surface area contributed by atoms with Crippen molar-refractivity contribution in [2.24, 2.45) is 5.14 Å². The van der Waals surface area contributed by atoms with Crippen molar-refractivity contribution in [3.8, 4) is 0 Å². The third-order valence-electron chi connectivity index (χ3n) is 3.75. The predicted molar refractivity (Wildman–Crippen MR) is 79.4 cm³/mol. The lowest BCUT2D eigenvalue weighted by Gasteiger charge is -2.37. The van der Waals surface area contributed by atoms with Crippen LogP contribution in [-0.2, 0) is 19.6 Å². The van der Waals surface area contributed by atoms with Crippen LogP contribution in [0.3, 0.4) is 0 Å². The highest BCUT2D eigenvalue weighted by Gasteiger charge is 2.25. The number of piperidine rings is 1. The quantitative estimate of drug-likeness (QED) is 0.845. The Morgan fingerprint density at radius 1 is 1.33 bits per heavy atom. The van der Waals surface area contributed by atoms with Crippen LogP contribution in [0.1, 0.15) is 25.7 Å². The summed E-state index contributed by atoms with van der Waals surface area (Å²) < 4.78 is 27.3. The molecule has 0 aliphatic carbocycles. The van der Waals surface area contributed by atoms with Crippen molar-refractivity contribution >= 4 is 21.7 Å². The number of hydrogen-bond donors (Lipinski definition) is 1. The molecular formula is C14H20N2O4S. The highest BCUT2D eigenvalue weighted by molar-refractivity contribution is 7.89. The first-order valence-electron chi connectivity index (χ1n) is 6.88. The number of sulfonamides is 1. The minimum atomic E-state index is -3.68. The Morgan fingerprint density at radius 3 is 2.57 bits per heavy atom. The fourth-order valence-corrected chi connectivity index (χ4v) is 3.17. The van der Waals surface area contributed by atoms with Crippen molar-refractivity contribution in [1.29, 1.82) is 0 Å². The van der Waals surface area contributed by atoms with Crippen LogP contribution in [0.2, 0.25) is 0 Å². The van der Waals surface area contributed by atoms with Gasteiger partial charge in [-0.1, -0.05) is 0 Å². The van der Waals surface area contributed by atoms with Gasteiger partial charge in [-0.3, -0.25) is 4.79 Å². The van der Waals surface area contributed by atoms with Crippen LogP contribution < -0.4 is 10.0 Å². The molecule has 2 rings (SSSR count). The molecule has 21 heavy (non-hydrogen) atoms. The van der Waals surface area contributed by atoms with Crippen LogP contribution in [0, 0.1) is 0 Å². The molecule has 7 heteroatoms. The number of nitrogens with zero attached hydrogens (tertiary/aromatic N) is 1. The summed E-state index contributed by atoms with van der Waals surface area (Å²) in [5, 5.41) is 5.09. The Bertz CT molecular complexity index is 598. The third-order valence-corrected chi connectivity index (χ3v) is 4.68. The number of benzene rings is 1. The summed E-state index contributed by atoms with van der Waals surface area (Å²) >= 11 is 0. The number of methoxy groups -OCH3 is 1. The van der Waals surface area contributed by atoms with E-state index in [2.05, 4.69) is 4.90 Å². The summed E-state index contributed by atoms with van der Waals surface area (Å²) in [6, 6.07) is 6.54. The fourth-order valence-electron chi connectivity index (χ4n) is 2.66. The number of carbonyl (C=O) groups is 1. The first-order valence-corrected chi connectivity index (χ1v) is 8.43. The van der Waals surface area contributed by atoms with E-state index < -0.39 is 10.0 Å². The molecule has 1 fully saturated rings. The molecule has 1 aromatic carbocycles. The molecular weight excluding hydrogens is 292 g/mol. The van der Waals surface area contributed by atoms with Gasteiger partial charge in [-0.05, 0) is 43.5 Å². The lowest BCUT2D eigenvalue weighted by Crippen LogP contribution is -2.41. The minimum Gasteiger partial charge on any atom is -0.469 e. The van der Waals surface area contributed by atoms with Gasteiger partial charge in [0.25, 0.3) is 0 Å². The Morgan fingerprint density at radius 2 is 2.00 bits per heavy atom. The molecule has 1 atom stereocenters. The molecule has 1 aliphatic heterocycles. The van der Waals surface area contributed by atoms with E-state index in [1.165, 1.54) is 19.2 Å². The summed E-state index contributed by atoms with van der Waals surface area (Å²) in [6.07, 6.45) is 3.39. The maximum Gasteiger partial charge on any atom is 0.307 e. The standard InChI is InChI=1S/C14H20N2O4S/c1-20-14(17)10-12-4-2-3-9-16(12)11-5-7-13(8-6-11)21(15,18)19/h5-8,12H,2-4,9-10H2,1H3,(H2,15,18,19). The maximum absolute atomic E-state index is 11.5. The van der Waals surface area contributed by atoms with Crippen LogP contribution in [0.15, 0.2) is 29.2 Å². The van der Waals surface area contributed by atoms with E-state index in [1.807, 2.05) is 0 Å². The largest absolute Gasteiger partial charge is 0.469 e. The number of esters is 1. The van der Waals surface area contributed by atoms with Gasteiger partial charge in [-0.25, -0.2) is 13.6 Å². The van der Waals surface area contributed by atoms with E-state index in [1.54, 1.807) is 12.1 Å². The molecule has 6 nitrogen and oxygen atoms in total. The van der Waals surface area contributed by atoms with Crippen LogP contribution in [0.5, 0.6) is 0 Å². The summed E-state index contributed by atoms with van der Waals surface area (Å²) in [4.78, 5) is 13.7. The molecule has 0 amide bonds. The van der Waals surface area contributed by atoms with E-state index in [-0.39, 0.29) is 16.9 Å². The van der Waals surface area contributed by atoms with Crippen molar-refractivity contribution < 1.29 is 17.9 Å². The Labute approximate surface area is 124 Å². The normalized spacial score (nSPS) is 19.3. The van der Waals surface area contributed by atoms with Crippen LogP contribution >= 0.6 is 0 Å². The molecule has 116 valence electrons. The molecule has 1 aromatic rings. The third kappa shape index (κ3) is 3.95. The van der Waals surface area contributed by atoms with Gasteiger partial charge in [0.05, 0.1) is 18.4 Å². The van der Waals surface area contributed by atoms with Crippen LogP contribution in [0.25, 0.3) is 0 Å². The van der Waals surface area contributed by atoms with Crippen LogP contribution in [-0.4, -0.2) is 34.1 Å². The van der Waals surface area contributed by atoms with Crippen molar-refractivity contribution in [2.75, 3.05) is 18.6 Å². The highest BCUT2D eigenvalue weighted by atomic mass is 32.2. The first-order chi connectivity index (χ1) is 9.91. The smallest absolute Gasteiger partial charge is 0.307 e. The highest BCUT2D eigenvalue weighted by Crippen LogP contribution is 2.27. The summed E-state index contributed by atoms with van der Waals surface area (Å²) in [5.74, 6) is -0.229. The van der Waals surface area contributed by atoms with E-state index in [0.29, 0.717) is 6.42 Å². The average Bonchev–Trinajstić information content (AvgIpc) is 2.47. The van der Waals surface area contributed by atoms with Gasteiger partial charge in [0.1, 0.15) is 0 Å². The summed E-state index contributed by atoms with van der Waals surface area (Å²) in [6.45, 7) is 0.844. The molecule has 1 unspecified atom stereocenters. The van der Waals surface area contributed by atoms with Gasteiger partial charge in [0.15, 0.2) is 0 Å². The summed E-state index contributed by atoms with van der Waals surface area (Å²) in [7, 11) is -2.29. The van der Waals surface area contributed by atoms with Gasteiger partial charge < -0.3 is 9.64 Å². The lowest BCUT2D eigenvalue weighted by molar-refractivity contribution is -0.141. The van der Waals surface area contributed by atoms with Gasteiger partial charge in [0.2, 0.25) is 10.0 Å². The minimum absolute atomic E-state index is 0.0894. The number of nitrogens with two attached hydrogens (primary N) is 1. The SMILES string of the molecule is COC(=O)CC1CCCCN1c1ccc(S(N)(=O)=O)cc1. The number of hydrogen-bond acceptors (Lipinski definition) is 5. The number of primary sulfonamides is 1. The Kier molecular flexibility index (Phi) is 4.84. The van der Waals surface area contributed by atoms with Gasteiger partial charge in [0, 0.05) is 18.3 Å². The molecule has 0 spiro atoms. The van der Waals surface area contributed by atoms with Crippen molar-refractivity contribution in [3.63, 3.8) is 0 Å². The Balaban J connectivity index is 2.19. The second-order valence-electron chi connectivity index (χ2n) is 5.16. The first kappa shape index (κ1) is 15.8. The van der Waals surface area contributed by atoms with Gasteiger partial charge in [-0.2, -0.15) is 0 Å². The maximum atomic E-state index is 11.5. The topological polar surface area (TPSA) is 89.7 Å². The molecule has 0 bridgehead atoms. The second kappa shape index (κ2) is 6.44. The van der Waals surface area contributed by atoms with Gasteiger partial charge >= 0.3 is 5.97 Å². The molecule has 0 saturated carbocycles. The van der Waals surface area contributed by atoms with E-state index in [0.717, 1.165) is 31.5 Å². The van der Waals surface area contributed by atoms with Gasteiger partial charge in [-0.15, -0.1) is 0 Å². The fraction of sp³-hybridized carbons (Fsp3) is 0.500. The number of ether oxygens (including phenoxy) is 1. The molecule has 0 aromatic heterocycles. The van der Waals surface area contributed by atoms with Crippen molar-refractivity contribution in [1.82, 2.24) is 0 Å². The van der Waals surface area contributed by atoms with Crippen molar-refractivity contribution in [2.45, 2.75) is 36.6 Å². The zero-order chi connectivity index (χ0) is 15.5. The van der Waals surface area contributed by atoms with E-state index in [4.69, 9.17) is 9.88 Å². The summed E-state index contributed by atoms with van der Waals surface area (Å²) in [5.41, 5.74) is 0.899. The molecule has 2 N–H and O–H groups in total. The molecule has 1 aliphatic rings. The second-order valence-corrected chi connectivity index (χ2v) is 6.72. The predicted octanol–water partition coefficient (Wildman–Crippen LogP) is 1.26. The molecule has 1 saturated heterocycles. The monoisotopic (exact) mass is 312 g/mol. The number of carbonyl (C=O) groups excluding carboxylic acids is 1. The van der Waals surface area contributed by atoms with E-state index >= 15 is 0 Å². The molecule has 0 radical (unpaired) electrons. The van der Waals surface area contributed by atoms with E-state index in [9.17, 15) is 13.2 Å². The number of anilines is 1. The zero-order valence-electron chi connectivity index (χ0n) is 12.0. The van der Waals surface area contributed by atoms with Crippen molar-refractivity contribution in [3.05, 3.63) is 24.3 Å². The zero-order valence-corrected chi connectivity index (χ0v) is 12.8. The lowest BCUT2D eigenvalue weighted by atomic mass is 9.98. The van der Waals surface area contributed by atoms with Crippen LogP contribution in [0.4, 0.5) is 5.69 Å². The Hall–Kier alpha value is -1.60. The molecule has 1 heterocycles.